The molecule has 0 heterocycles. The lowest BCUT2D eigenvalue weighted by Gasteiger charge is -2.37. The van der Waals surface area contributed by atoms with Crippen molar-refractivity contribution in [1.29, 1.82) is 0 Å². The Morgan fingerprint density at radius 2 is 2.12 bits per heavy atom. The molecule has 1 saturated carbocycles. The van der Waals surface area contributed by atoms with Gasteiger partial charge in [-0.1, -0.05) is 13.8 Å². The van der Waals surface area contributed by atoms with Gasteiger partial charge in [-0.05, 0) is 31.6 Å². The molecular weight excluding hydrogens is 216 g/mol. The third-order valence-electron chi connectivity index (χ3n) is 3.27. The van der Waals surface area contributed by atoms with Gasteiger partial charge in [-0.25, -0.2) is 0 Å². The van der Waals surface area contributed by atoms with E-state index in [2.05, 4.69) is 19.2 Å². The molecule has 0 aromatic heterocycles. The van der Waals surface area contributed by atoms with Gasteiger partial charge in [-0.15, -0.1) is 0 Å². The number of hydrogen-bond donors (Lipinski definition) is 2. The molecular formula is C13H26N2O2. The van der Waals surface area contributed by atoms with E-state index in [9.17, 15) is 4.79 Å². The van der Waals surface area contributed by atoms with E-state index in [1.807, 2.05) is 0 Å². The minimum Gasteiger partial charge on any atom is -0.380 e. The third-order valence-corrected chi connectivity index (χ3v) is 3.27. The lowest BCUT2D eigenvalue weighted by atomic mass is 9.75. The summed E-state index contributed by atoms with van der Waals surface area (Å²) in [5.41, 5.74) is 5.78. The fraction of sp³-hybridized carbons (Fsp3) is 0.923. The normalized spacial score (nSPS) is 17.9. The molecule has 1 amide bonds. The zero-order valence-corrected chi connectivity index (χ0v) is 11.1. The SMILES string of the molecule is CC(C)CCOCCNC(=O)CC1(N)CCC1. The van der Waals surface area contributed by atoms with Crippen molar-refractivity contribution >= 4 is 5.91 Å². The highest BCUT2D eigenvalue weighted by Gasteiger charge is 2.34. The fourth-order valence-corrected chi connectivity index (χ4v) is 1.87. The van der Waals surface area contributed by atoms with Crippen LogP contribution in [0.1, 0.15) is 46.0 Å². The summed E-state index contributed by atoms with van der Waals surface area (Å²) in [5, 5.41) is 2.85. The summed E-state index contributed by atoms with van der Waals surface area (Å²) in [7, 11) is 0. The van der Waals surface area contributed by atoms with Crippen molar-refractivity contribution in [3.8, 4) is 0 Å². The Kier molecular flexibility index (Phi) is 5.92. The maximum atomic E-state index is 11.5. The highest BCUT2D eigenvalue weighted by atomic mass is 16.5. The van der Waals surface area contributed by atoms with E-state index < -0.39 is 0 Å². The van der Waals surface area contributed by atoms with Gasteiger partial charge in [0.15, 0.2) is 0 Å². The van der Waals surface area contributed by atoms with Crippen LogP contribution < -0.4 is 11.1 Å². The van der Waals surface area contributed by atoms with Crippen molar-refractivity contribution in [3.05, 3.63) is 0 Å². The number of nitrogens with two attached hydrogens (primary N) is 1. The molecule has 0 radical (unpaired) electrons. The average molecular weight is 242 g/mol. The molecule has 4 nitrogen and oxygen atoms in total. The van der Waals surface area contributed by atoms with Crippen molar-refractivity contribution in [3.63, 3.8) is 0 Å². The molecule has 0 unspecified atom stereocenters. The molecule has 0 aliphatic heterocycles. The standard InChI is InChI=1S/C13H26N2O2/c1-11(2)4-8-17-9-7-15-12(16)10-13(14)5-3-6-13/h11H,3-10,14H2,1-2H3,(H,15,16). The molecule has 1 fully saturated rings. The molecule has 4 heteroatoms. The van der Waals surface area contributed by atoms with Crippen LogP contribution in [0.2, 0.25) is 0 Å². The minimum atomic E-state index is -0.220. The van der Waals surface area contributed by atoms with Crippen molar-refractivity contribution in [2.45, 2.75) is 51.5 Å². The first-order valence-electron chi connectivity index (χ1n) is 6.65. The van der Waals surface area contributed by atoms with E-state index in [1.165, 1.54) is 0 Å². The summed E-state index contributed by atoms with van der Waals surface area (Å²) < 4.78 is 5.42. The first kappa shape index (κ1) is 14.5. The number of carbonyl (C=O) groups is 1. The Bertz CT molecular complexity index is 238. The zero-order valence-electron chi connectivity index (χ0n) is 11.1. The van der Waals surface area contributed by atoms with Gasteiger partial charge < -0.3 is 15.8 Å². The Morgan fingerprint density at radius 1 is 1.41 bits per heavy atom. The van der Waals surface area contributed by atoms with Crippen LogP contribution in [0.25, 0.3) is 0 Å². The van der Waals surface area contributed by atoms with Crippen molar-refractivity contribution < 1.29 is 9.53 Å². The number of amides is 1. The summed E-state index contributed by atoms with van der Waals surface area (Å²) >= 11 is 0. The van der Waals surface area contributed by atoms with Crippen LogP contribution in [0.3, 0.4) is 0 Å². The number of carbonyl (C=O) groups excluding carboxylic acids is 1. The van der Waals surface area contributed by atoms with Crippen LogP contribution in [0.5, 0.6) is 0 Å². The van der Waals surface area contributed by atoms with Crippen LogP contribution in [0.15, 0.2) is 0 Å². The molecule has 3 N–H and O–H groups in total. The van der Waals surface area contributed by atoms with Gasteiger partial charge in [0.2, 0.25) is 5.91 Å². The van der Waals surface area contributed by atoms with E-state index in [0.29, 0.717) is 25.5 Å². The van der Waals surface area contributed by atoms with E-state index in [-0.39, 0.29) is 11.4 Å². The number of ether oxygens (including phenoxy) is 1. The van der Waals surface area contributed by atoms with E-state index in [1.54, 1.807) is 0 Å². The molecule has 0 spiro atoms. The number of hydrogen-bond acceptors (Lipinski definition) is 3. The molecule has 1 aliphatic rings. The molecule has 17 heavy (non-hydrogen) atoms. The summed E-state index contributed by atoms with van der Waals surface area (Å²) in [6.07, 6.45) is 4.64. The Morgan fingerprint density at radius 3 is 2.65 bits per heavy atom. The van der Waals surface area contributed by atoms with Crippen molar-refractivity contribution in [2.75, 3.05) is 19.8 Å². The van der Waals surface area contributed by atoms with Crippen molar-refractivity contribution in [1.82, 2.24) is 5.32 Å². The molecule has 0 aromatic rings. The van der Waals surface area contributed by atoms with Crippen LogP contribution in [0, 0.1) is 5.92 Å². The van der Waals surface area contributed by atoms with Crippen molar-refractivity contribution in [2.24, 2.45) is 11.7 Å². The van der Waals surface area contributed by atoms with Gasteiger partial charge in [-0.2, -0.15) is 0 Å². The Balaban J connectivity index is 1.93. The molecule has 0 bridgehead atoms. The van der Waals surface area contributed by atoms with E-state index in [0.717, 1.165) is 32.3 Å². The average Bonchev–Trinajstić information content (AvgIpc) is 2.20. The van der Waals surface area contributed by atoms with Gasteiger partial charge in [0.25, 0.3) is 0 Å². The van der Waals surface area contributed by atoms with Crippen LogP contribution in [-0.4, -0.2) is 31.2 Å². The van der Waals surface area contributed by atoms with Crippen LogP contribution in [0.4, 0.5) is 0 Å². The molecule has 100 valence electrons. The second-order valence-electron chi connectivity index (χ2n) is 5.54. The van der Waals surface area contributed by atoms with E-state index >= 15 is 0 Å². The lowest BCUT2D eigenvalue weighted by molar-refractivity contribution is -0.123. The second kappa shape index (κ2) is 6.97. The summed E-state index contributed by atoms with van der Waals surface area (Å²) in [5.74, 6) is 0.722. The zero-order chi connectivity index (χ0) is 12.7. The van der Waals surface area contributed by atoms with Gasteiger partial charge >= 0.3 is 0 Å². The number of nitrogens with one attached hydrogen (secondary N) is 1. The lowest BCUT2D eigenvalue weighted by Crippen LogP contribution is -2.50. The predicted molar refractivity (Wildman–Crippen MR) is 68.7 cm³/mol. The number of rotatable bonds is 8. The quantitative estimate of drug-likeness (QED) is 0.633. The molecule has 1 rings (SSSR count). The topological polar surface area (TPSA) is 64.3 Å². The summed E-state index contributed by atoms with van der Waals surface area (Å²) in [6.45, 7) is 6.30. The molecule has 0 saturated heterocycles. The summed E-state index contributed by atoms with van der Waals surface area (Å²) in [4.78, 5) is 11.5. The van der Waals surface area contributed by atoms with Gasteiger partial charge in [0.1, 0.15) is 0 Å². The predicted octanol–water partition coefficient (Wildman–Crippen LogP) is 1.44. The molecule has 1 aliphatic carbocycles. The van der Waals surface area contributed by atoms with Gasteiger partial charge in [0, 0.05) is 25.1 Å². The monoisotopic (exact) mass is 242 g/mol. The Hall–Kier alpha value is -0.610. The van der Waals surface area contributed by atoms with Crippen LogP contribution >= 0.6 is 0 Å². The maximum absolute atomic E-state index is 11.5. The highest BCUT2D eigenvalue weighted by molar-refractivity contribution is 5.77. The van der Waals surface area contributed by atoms with Gasteiger partial charge in [0.05, 0.1) is 6.61 Å². The summed E-state index contributed by atoms with van der Waals surface area (Å²) in [6, 6.07) is 0. The van der Waals surface area contributed by atoms with Gasteiger partial charge in [-0.3, -0.25) is 4.79 Å². The molecule has 0 atom stereocenters. The smallest absolute Gasteiger partial charge is 0.221 e. The van der Waals surface area contributed by atoms with Crippen LogP contribution in [-0.2, 0) is 9.53 Å². The maximum Gasteiger partial charge on any atom is 0.221 e. The Labute approximate surface area is 104 Å². The first-order valence-corrected chi connectivity index (χ1v) is 6.65. The molecule has 0 aromatic carbocycles. The van der Waals surface area contributed by atoms with E-state index in [4.69, 9.17) is 10.5 Å². The first-order chi connectivity index (χ1) is 8.02. The minimum absolute atomic E-state index is 0.0552. The largest absolute Gasteiger partial charge is 0.380 e. The third kappa shape index (κ3) is 6.03. The highest BCUT2D eigenvalue weighted by Crippen LogP contribution is 2.31. The fourth-order valence-electron chi connectivity index (χ4n) is 1.87. The second-order valence-corrected chi connectivity index (χ2v) is 5.54.